The van der Waals surface area contributed by atoms with E-state index in [1.54, 1.807) is 12.1 Å². The number of hydrogen-bond acceptors (Lipinski definition) is 4. The van der Waals surface area contributed by atoms with E-state index in [1.165, 1.54) is 29.5 Å². The number of amides is 1. The number of fused-ring (bicyclic) bond motifs is 1. The second-order valence-electron chi connectivity index (χ2n) is 7.13. The number of carbonyl (C=O) groups is 1. The molecule has 5 nitrogen and oxygen atoms in total. The van der Waals surface area contributed by atoms with Crippen LogP contribution in [0.4, 0.5) is 4.39 Å². The summed E-state index contributed by atoms with van der Waals surface area (Å²) in [5.74, 6) is 0.417. The lowest BCUT2D eigenvalue weighted by atomic mass is 10.1. The maximum Gasteiger partial charge on any atom is 0.250 e. The summed E-state index contributed by atoms with van der Waals surface area (Å²) in [5, 5.41) is 3.60. The first kappa shape index (κ1) is 19.1. The lowest BCUT2D eigenvalue weighted by Crippen LogP contribution is -2.21. The molecular formula is C23H22FN3O2. The Morgan fingerprint density at radius 2 is 2.00 bits per heavy atom. The summed E-state index contributed by atoms with van der Waals surface area (Å²) in [6, 6.07) is 16.3. The van der Waals surface area contributed by atoms with Crippen molar-refractivity contribution in [2.75, 3.05) is 6.54 Å². The third kappa shape index (κ3) is 4.60. The number of aryl methyl sites for hydroxylation is 1. The predicted molar refractivity (Wildman–Crippen MR) is 108 cm³/mol. The van der Waals surface area contributed by atoms with Crippen LogP contribution in [0.3, 0.4) is 0 Å². The molecule has 1 atom stereocenters. The van der Waals surface area contributed by atoms with Crippen molar-refractivity contribution in [2.45, 2.75) is 25.3 Å². The summed E-state index contributed by atoms with van der Waals surface area (Å²) < 4.78 is 18.8. The topological polar surface area (TPSA) is 77.2 Å². The van der Waals surface area contributed by atoms with E-state index < -0.39 is 5.91 Å². The van der Waals surface area contributed by atoms with Crippen molar-refractivity contribution in [3.05, 3.63) is 88.9 Å². The maximum absolute atomic E-state index is 13.0. The molecular weight excluding hydrogens is 369 g/mol. The Morgan fingerprint density at radius 1 is 1.17 bits per heavy atom. The van der Waals surface area contributed by atoms with Crippen molar-refractivity contribution in [2.24, 2.45) is 5.73 Å². The Balaban J connectivity index is 1.35. The molecule has 4 rings (SSSR count). The minimum atomic E-state index is -0.514. The van der Waals surface area contributed by atoms with E-state index in [0.717, 1.165) is 37.1 Å². The van der Waals surface area contributed by atoms with Crippen LogP contribution in [0.2, 0.25) is 0 Å². The number of primary amides is 1. The largest absolute Gasteiger partial charge is 0.439 e. The number of rotatable bonds is 7. The highest BCUT2D eigenvalue weighted by Crippen LogP contribution is 2.34. The molecule has 1 aliphatic carbocycles. The number of nitrogens with zero attached hydrogens (tertiary/aromatic N) is 1. The standard InChI is InChI=1S/C23H22FN3O2/c24-18-5-1-15(2-6-18)11-12-26-21-9-3-16-13-19(7-8-20(16)21)29-22-10-4-17(14-27-22)23(25)28/h1-2,4-8,10,13-14,21,26H,3,9,11-12H2,(H2,25,28). The van der Waals surface area contributed by atoms with Crippen molar-refractivity contribution in [3.8, 4) is 11.6 Å². The molecule has 1 aliphatic rings. The lowest BCUT2D eigenvalue weighted by molar-refractivity contribution is 0.1000. The van der Waals surface area contributed by atoms with Crippen LogP contribution < -0.4 is 15.8 Å². The number of carbonyl (C=O) groups excluding carboxylic acids is 1. The number of halogens is 1. The van der Waals surface area contributed by atoms with Gasteiger partial charge in [-0.25, -0.2) is 9.37 Å². The number of hydrogen-bond donors (Lipinski definition) is 2. The average Bonchev–Trinajstić information content (AvgIpc) is 3.12. The van der Waals surface area contributed by atoms with Crippen LogP contribution in [-0.4, -0.2) is 17.4 Å². The number of nitrogens with two attached hydrogens (primary N) is 1. The zero-order valence-electron chi connectivity index (χ0n) is 15.9. The van der Waals surface area contributed by atoms with Gasteiger partial charge < -0.3 is 15.8 Å². The Hall–Kier alpha value is -3.25. The van der Waals surface area contributed by atoms with Gasteiger partial charge in [0.05, 0.1) is 5.56 Å². The number of nitrogens with one attached hydrogen (secondary N) is 1. The maximum atomic E-state index is 13.0. The third-order valence-corrected chi connectivity index (χ3v) is 5.15. The number of ether oxygens (including phenoxy) is 1. The molecule has 0 bridgehead atoms. The zero-order chi connectivity index (χ0) is 20.2. The van der Waals surface area contributed by atoms with Gasteiger partial charge in [0.1, 0.15) is 11.6 Å². The highest BCUT2D eigenvalue weighted by atomic mass is 19.1. The average molecular weight is 391 g/mol. The van der Waals surface area contributed by atoms with Crippen molar-refractivity contribution < 1.29 is 13.9 Å². The first-order valence-corrected chi connectivity index (χ1v) is 9.63. The fourth-order valence-corrected chi connectivity index (χ4v) is 3.62. The Labute approximate surface area is 168 Å². The van der Waals surface area contributed by atoms with E-state index in [9.17, 15) is 9.18 Å². The Bertz CT molecular complexity index is 1000. The van der Waals surface area contributed by atoms with Gasteiger partial charge >= 0.3 is 0 Å². The van der Waals surface area contributed by atoms with Gasteiger partial charge in [0.25, 0.3) is 0 Å². The molecule has 1 amide bonds. The van der Waals surface area contributed by atoms with Gasteiger partial charge in [0, 0.05) is 18.3 Å². The quantitative estimate of drug-likeness (QED) is 0.640. The van der Waals surface area contributed by atoms with Gasteiger partial charge in [-0.15, -0.1) is 0 Å². The van der Waals surface area contributed by atoms with Crippen molar-refractivity contribution in [1.82, 2.24) is 10.3 Å². The molecule has 0 spiro atoms. The van der Waals surface area contributed by atoms with Crippen molar-refractivity contribution in [1.29, 1.82) is 0 Å². The number of aromatic nitrogens is 1. The van der Waals surface area contributed by atoms with Crippen LogP contribution in [0.15, 0.2) is 60.8 Å². The van der Waals surface area contributed by atoms with Crippen molar-refractivity contribution in [3.63, 3.8) is 0 Å². The fourth-order valence-electron chi connectivity index (χ4n) is 3.62. The van der Waals surface area contributed by atoms with Crippen LogP contribution in [0.25, 0.3) is 0 Å². The summed E-state index contributed by atoms with van der Waals surface area (Å²) in [6.45, 7) is 0.837. The lowest BCUT2D eigenvalue weighted by Gasteiger charge is -2.14. The van der Waals surface area contributed by atoms with Crippen LogP contribution in [0.1, 0.15) is 39.5 Å². The van der Waals surface area contributed by atoms with Crippen LogP contribution in [0.5, 0.6) is 11.6 Å². The predicted octanol–water partition coefficient (Wildman–Crippen LogP) is 3.93. The van der Waals surface area contributed by atoms with E-state index in [0.29, 0.717) is 17.5 Å². The molecule has 1 unspecified atom stereocenters. The van der Waals surface area contributed by atoms with Gasteiger partial charge in [0.2, 0.25) is 11.8 Å². The molecule has 29 heavy (non-hydrogen) atoms. The molecule has 0 saturated carbocycles. The van der Waals surface area contributed by atoms with Gasteiger partial charge in [-0.2, -0.15) is 0 Å². The molecule has 0 aliphatic heterocycles. The van der Waals surface area contributed by atoms with Gasteiger partial charge in [-0.05, 0) is 72.8 Å². The summed E-state index contributed by atoms with van der Waals surface area (Å²) in [7, 11) is 0. The smallest absolute Gasteiger partial charge is 0.250 e. The minimum Gasteiger partial charge on any atom is -0.439 e. The third-order valence-electron chi connectivity index (χ3n) is 5.15. The van der Waals surface area contributed by atoms with E-state index in [2.05, 4.69) is 16.4 Å². The Kier molecular flexibility index (Phi) is 5.53. The highest BCUT2D eigenvalue weighted by molar-refractivity contribution is 5.92. The first-order chi connectivity index (χ1) is 14.1. The van der Waals surface area contributed by atoms with E-state index in [1.807, 2.05) is 24.3 Å². The number of pyridine rings is 1. The van der Waals surface area contributed by atoms with Gasteiger partial charge in [0.15, 0.2) is 0 Å². The monoisotopic (exact) mass is 391 g/mol. The molecule has 0 radical (unpaired) electrons. The molecule has 6 heteroatoms. The molecule has 1 aromatic heterocycles. The molecule has 3 N–H and O–H groups in total. The first-order valence-electron chi connectivity index (χ1n) is 9.63. The number of benzene rings is 2. The summed E-state index contributed by atoms with van der Waals surface area (Å²) in [4.78, 5) is 15.2. The second kappa shape index (κ2) is 8.41. The van der Waals surface area contributed by atoms with Crippen molar-refractivity contribution >= 4 is 5.91 Å². The molecule has 3 aromatic rings. The minimum absolute atomic E-state index is 0.205. The van der Waals surface area contributed by atoms with E-state index in [4.69, 9.17) is 10.5 Å². The van der Waals surface area contributed by atoms with Crippen LogP contribution in [0, 0.1) is 5.82 Å². The van der Waals surface area contributed by atoms with E-state index in [-0.39, 0.29) is 5.82 Å². The van der Waals surface area contributed by atoms with Crippen LogP contribution in [-0.2, 0) is 12.8 Å². The summed E-state index contributed by atoms with van der Waals surface area (Å²) in [5.41, 5.74) is 9.24. The fraction of sp³-hybridized carbons (Fsp3) is 0.217. The molecule has 1 heterocycles. The molecule has 148 valence electrons. The normalized spacial score (nSPS) is 15.1. The van der Waals surface area contributed by atoms with E-state index >= 15 is 0 Å². The Morgan fingerprint density at radius 3 is 2.72 bits per heavy atom. The van der Waals surface area contributed by atoms with Crippen LogP contribution >= 0.6 is 0 Å². The highest BCUT2D eigenvalue weighted by Gasteiger charge is 2.22. The molecule has 0 fully saturated rings. The zero-order valence-corrected chi connectivity index (χ0v) is 15.9. The summed E-state index contributed by atoms with van der Waals surface area (Å²) in [6.07, 6.45) is 4.29. The second-order valence-corrected chi connectivity index (χ2v) is 7.13. The molecule has 2 aromatic carbocycles. The summed E-state index contributed by atoms with van der Waals surface area (Å²) >= 11 is 0. The van der Waals surface area contributed by atoms with Gasteiger partial charge in [-0.1, -0.05) is 18.2 Å². The SMILES string of the molecule is NC(=O)c1ccc(Oc2ccc3c(c2)CCC3NCCc2ccc(F)cc2)nc1. The molecule has 0 saturated heterocycles. The van der Waals surface area contributed by atoms with Gasteiger partial charge in [-0.3, -0.25) is 4.79 Å².